The quantitative estimate of drug-likeness (QED) is 0.466. The molecule has 1 rings (SSSR count). The van der Waals surface area contributed by atoms with Crippen molar-refractivity contribution in [3.63, 3.8) is 0 Å². The van der Waals surface area contributed by atoms with E-state index in [0.29, 0.717) is 0 Å². The van der Waals surface area contributed by atoms with Gasteiger partial charge < -0.3 is 4.74 Å². The number of ether oxygens (including phenoxy) is 1. The van der Waals surface area contributed by atoms with E-state index in [9.17, 15) is 0 Å². The highest BCUT2D eigenvalue weighted by molar-refractivity contribution is 5.01. The van der Waals surface area contributed by atoms with Crippen molar-refractivity contribution in [2.45, 2.75) is 32.8 Å². The summed E-state index contributed by atoms with van der Waals surface area (Å²) in [4.78, 5) is 0. The van der Waals surface area contributed by atoms with Crippen LogP contribution in [0.25, 0.3) is 0 Å². The number of rotatable bonds is 0. The minimum atomic E-state index is 0.0735. The van der Waals surface area contributed by atoms with Gasteiger partial charge in [0.05, 0.1) is 5.76 Å². The molecule has 0 spiro atoms. The Hall–Kier alpha value is -0.460. The second-order valence-corrected chi connectivity index (χ2v) is 2.88. The van der Waals surface area contributed by atoms with Crippen LogP contribution in [0.5, 0.6) is 0 Å². The van der Waals surface area contributed by atoms with Crippen molar-refractivity contribution in [3.05, 3.63) is 11.8 Å². The van der Waals surface area contributed by atoms with Crippen LogP contribution < -0.4 is 0 Å². The SMILES string of the molecule is CC1=CCC(C)(C)O1. The van der Waals surface area contributed by atoms with Gasteiger partial charge in [0.15, 0.2) is 0 Å². The lowest BCUT2D eigenvalue weighted by molar-refractivity contribution is 0.0626. The highest BCUT2D eigenvalue weighted by Crippen LogP contribution is 2.25. The van der Waals surface area contributed by atoms with Gasteiger partial charge in [-0.05, 0) is 26.8 Å². The molecule has 0 fully saturated rings. The number of allylic oxidation sites excluding steroid dienone is 1. The van der Waals surface area contributed by atoms with Crippen molar-refractivity contribution in [2.24, 2.45) is 0 Å². The van der Waals surface area contributed by atoms with E-state index in [2.05, 4.69) is 19.9 Å². The van der Waals surface area contributed by atoms with Crippen LogP contribution >= 0.6 is 0 Å². The predicted molar refractivity (Wildman–Crippen MR) is 33.5 cm³/mol. The van der Waals surface area contributed by atoms with Crippen molar-refractivity contribution in [3.8, 4) is 0 Å². The van der Waals surface area contributed by atoms with Gasteiger partial charge in [0.25, 0.3) is 0 Å². The first-order valence-corrected chi connectivity index (χ1v) is 2.96. The minimum Gasteiger partial charge on any atom is -0.493 e. The first-order chi connectivity index (χ1) is 3.60. The molecule has 46 valence electrons. The summed E-state index contributed by atoms with van der Waals surface area (Å²) < 4.78 is 5.41. The molecule has 1 heteroatoms. The summed E-state index contributed by atoms with van der Waals surface area (Å²) >= 11 is 0. The van der Waals surface area contributed by atoms with Gasteiger partial charge in [0.2, 0.25) is 0 Å². The fourth-order valence-electron chi connectivity index (χ4n) is 0.909. The van der Waals surface area contributed by atoms with Crippen molar-refractivity contribution >= 4 is 0 Å². The standard InChI is InChI=1S/C7H12O/c1-6-4-5-7(2,3)8-6/h4H,5H2,1-3H3. The summed E-state index contributed by atoms with van der Waals surface area (Å²) in [5, 5.41) is 0. The van der Waals surface area contributed by atoms with Gasteiger partial charge in [0.1, 0.15) is 5.60 Å². The summed E-state index contributed by atoms with van der Waals surface area (Å²) in [6, 6.07) is 0. The number of hydrogen-bond acceptors (Lipinski definition) is 1. The first kappa shape index (κ1) is 5.67. The summed E-state index contributed by atoms with van der Waals surface area (Å²) in [6.07, 6.45) is 3.18. The topological polar surface area (TPSA) is 9.23 Å². The second-order valence-electron chi connectivity index (χ2n) is 2.88. The van der Waals surface area contributed by atoms with E-state index < -0.39 is 0 Å². The van der Waals surface area contributed by atoms with Crippen LogP contribution in [0.15, 0.2) is 11.8 Å². The predicted octanol–water partition coefficient (Wildman–Crippen LogP) is 2.09. The van der Waals surface area contributed by atoms with Gasteiger partial charge in [0, 0.05) is 6.42 Å². The molecule has 1 heterocycles. The Kier molecular flexibility index (Phi) is 1.07. The largest absolute Gasteiger partial charge is 0.493 e. The van der Waals surface area contributed by atoms with E-state index in [1.165, 1.54) is 0 Å². The van der Waals surface area contributed by atoms with Crippen LogP contribution in [-0.2, 0) is 4.74 Å². The summed E-state index contributed by atoms with van der Waals surface area (Å²) in [5.41, 5.74) is 0.0735. The summed E-state index contributed by atoms with van der Waals surface area (Å²) in [5.74, 6) is 1.06. The molecule has 0 aromatic rings. The van der Waals surface area contributed by atoms with E-state index in [1.807, 2.05) is 6.92 Å². The van der Waals surface area contributed by atoms with Gasteiger partial charge in [-0.15, -0.1) is 0 Å². The molecule has 0 saturated carbocycles. The Labute approximate surface area is 50.3 Å². The van der Waals surface area contributed by atoms with Crippen LogP contribution in [-0.4, -0.2) is 5.60 Å². The average Bonchev–Trinajstić information content (AvgIpc) is 1.82. The Morgan fingerprint density at radius 2 is 2.25 bits per heavy atom. The third-order valence-electron chi connectivity index (χ3n) is 1.32. The minimum absolute atomic E-state index is 0.0735. The van der Waals surface area contributed by atoms with Crippen molar-refractivity contribution in [2.75, 3.05) is 0 Å². The summed E-state index contributed by atoms with van der Waals surface area (Å²) in [7, 11) is 0. The maximum atomic E-state index is 5.41. The smallest absolute Gasteiger partial charge is 0.106 e. The monoisotopic (exact) mass is 112 g/mol. The van der Waals surface area contributed by atoms with Crippen LogP contribution in [0.3, 0.4) is 0 Å². The Balaban J connectivity index is 2.55. The molecule has 0 bridgehead atoms. The van der Waals surface area contributed by atoms with Crippen molar-refractivity contribution in [1.82, 2.24) is 0 Å². The molecular weight excluding hydrogens is 100 g/mol. The van der Waals surface area contributed by atoms with Gasteiger partial charge in [-0.1, -0.05) is 0 Å². The van der Waals surface area contributed by atoms with Gasteiger partial charge in [-0.3, -0.25) is 0 Å². The molecule has 0 amide bonds. The molecule has 8 heavy (non-hydrogen) atoms. The van der Waals surface area contributed by atoms with Crippen LogP contribution in [0.1, 0.15) is 27.2 Å². The molecule has 0 aromatic heterocycles. The molecule has 1 nitrogen and oxygen atoms in total. The van der Waals surface area contributed by atoms with Gasteiger partial charge >= 0.3 is 0 Å². The molecule has 0 atom stereocenters. The zero-order chi connectivity index (χ0) is 6.20. The molecule has 1 aliphatic heterocycles. The molecule has 0 unspecified atom stereocenters. The van der Waals surface area contributed by atoms with Crippen LogP contribution in [0.4, 0.5) is 0 Å². The van der Waals surface area contributed by atoms with E-state index >= 15 is 0 Å². The fourth-order valence-corrected chi connectivity index (χ4v) is 0.909. The van der Waals surface area contributed by atoms with Crippen molar-refractivity contribution in [1.29, 1.82) is 0 Å². The Morgan fingerprint density at radius 1 is 1.62 bits per heavy atom. The lowest BCUT2D eigenvalue weighted by Crippen LogP contribution is -2.16. The number of hydrogen-bond donors (Lipinski definition) is 0. The lowest BCUT2D eigenvalue weighted by Gasteiger charge is -2.17. The third-order valence-corrected chi connectivity index (χ3v) is 1.32. The highest BCUT2D eigenvalue weighted by Gasteiger charge is 2.22. The van der Waals surface area contributed by atoms with E-state index in [-0.39, 0.29) is 5.60 Å². The van der Waals surface area contributed by atoms with Crippen LogP contribution in [0, 0.1) is 0 Å². The molecule has 0 N–H and O–H groups in total. The molecule has 0 aliphatic carbocycles. The zero-order valence-corrected chi connectivity index (χ0v) is 5.69. The zero-order valence-electron chi connectivity index (χ0n) is 5.69. The van der Waals surface area contributed by atoms with E-state index in [4.69, 9.17) is 4.74 Å². The molecule has 0 saturated heterocycles. The molecule has 0 aromatic carbocycles. The molecule has 1 aliphatic rings. The van der Waals surface area contributed by atoms with E-state index in [1.54, 1.807) is 0 Å². The Morgan fingerprint density at radius 3 is 2.38 bits per heavy atom. The van der Waals surface area contributed by atoms with Gasteiger partial charge in [-0.25, -0.2) is 0 Å². The fraction of sp³-hybridized carbons (Fsp3) is 0.714. The Bertz CT molecular complexity index is 122. The van der Waals surface area contributed by atoms with Crippen LogP contribution in [0.2, 0.25) is 0 Å². The van der Waals surface area contributed by atoms with Gasteiger partial charge in [-0.2, -0.15) is 0 Å². The summed E-state index contributed by atoms with van der Waals surface area (Å²) in [6.45, 7) is 6.19. The third kappa shape index (κ3) is 1.03. The second kappa shape index (κ2) is 1.51. The van der Waals surface area contributed by atoms with E-state index in [0.717, 1.165) is 12.2 Å². The molecular formula is C7H12O. The maximum Gasteiger partial charge on any atom is 0.106 e. The lowest BCUT2D eigenvalue weighted by atomic mass is 10.1. The normalized spacial score (nSPS) is 24.6. The highest BCUT2D eigenvalue weighted by atomic mass is 16.5. The molecule has 0 radical (unpaired) electrons. The first-order valence-electron chi connectivity index (χ1n) is 2.96. The van der Waals surface area contributed by atoms with Crippen molar-refractivity contribution < 1.29 is 4.74 Å². The average molecular weight is 112 g/mol. The maximum absolute atomic E-state index is 5.41.